The van der Waals surface area contributed by atoms with Crippen molar-refractivity contribution >= 4 is 5.82 Å². The Morgan fingerprint density at radius 2 is 2.27 bits per heavy atom. The Kier molecular flexibility index (Phi) is 1.82. The molecule has 2 saturated carbocycles. The van der Waals surface area contributed by atoms with Gasteiger partial charge in [0, 0.05) is 7.05 Å². The molecule has 0 unspecified atom stereocenters. The third-order valence-corrected chi connectivity index (χ3v) is 3.76. The summed E-state index contributed by atoms with van der Waals surface area (Å²) < 4.78 is 15.0. The number of aromatic nitrogens is 2. The van der Waals surface area contributed by atoms with Crippen LogP contribution < -0.4 is 5.73 Å². The molecule has 3 nitrogen and oxygen atoms in total. The van der Waals surface area contributed by atoms with Crippen LogP contribution in [0.15, 0.2) is 0 Å². The lowest BCUT2D eigenvalue weighted by molar-refractivity contribution is 0.578. The summed E-state index contributed by atoms with van der Waals surface area (Å²) in [5, 5.41) is 4.12. The topological polar surface area (TPSA) is 43.8 Å². The number of hydrogen-bond donors (Lipinski definition) is 1. The summed E-state index contributed by atoms with van der Waals surface area (Å²) in [6.45, 7) is 0. The standard InChI is InChI=1S/C11H16FN3/c1-15-11(13)10(12)9(14-15)5-7-4-8(7)6-2-3-6/h6-8H,2-5,13H2,1H3/t7-,8-/m0/s1. The Labute approximate surface area is 88.5 Å². The fraction of sp³-hybridized carbons (Fsp3) is 0.727. The molecule has 2 fully saturated rings. The molecule has 1 aromatic rings. The summed E-state index contributed by atoms with van der Waals surface area (Å²) in [5.41, 5.74) is 6.09. The van der Waals surface area contributed by atoms with Gasteiger partial charge in [0.05, 0.1) is 0 Å². The largest absolute Gasteiger partial charge is 0.381 e. The summed E-state index contributed by atoms with van der Waals surface area (Å²) in [7, 11) is 1.69. The Morgan fingerprint density at radius 3 is 2.80 bits per heavy atom. The minimum absolute atomic E-state index is 0.161. The van der Waals surface area contributed by atoms with Gasteiger partial charge < -0.3 is 5.73 Å². The highest BCUT2D eigenvalue weighted by Crippen LogP contribution is 2.55. The number of rotatable bonds is 3. The molecule has 0 aliphatic heterocycles. The van der Waals surface area contributed by atoms with Crippen LogP contribution in [0.2, 0.25) is 0 Å². The first-order valence-corrected chi connectivity index (χ1v) is 5.63. The first-order valence-electron chi connectivity index (χ1n) is 5.63. The van der Waals surface area contributed by atoms with Gasteiger partial charge in [0.25, 0.3) is 0 Å². The summed E-state index contributed by atoms with van der Waals surface area (Å²) in [6.07, 6.45) is 4.81. The van der Waals surface area contributed by atoms with Crippen molar-refractivity contribution in [1.29, 1.82) is 0 Å². The van der Waals surface area contributed by atoms with Gasteiger partial charge in [-0.15, -0.1) is 0 Å². The molecule has 0 saturated heterocycles. The molecule has 3 rings (SSSR count). The van der Waals surface area contributed by atoms with Crippen molar-refractivity contribution in [3.05, 3.63) is 11.5 Å². The van der Waals surface area contributed by atoms with E-state index >= 15 is 0 Å². The minimum Gasteiger partial charge on any atom is -0.381 e. The number of hydrogen-bond acceptors (Lipinski definition) is 2. The van der Waals surface area contributed by atoms with Crippen molar-refractivity contribution in [1.82, 2.24) is 9.78 Å². The van der Waals surface area contributed by atoms with Gasteiger partial charge in [-0.05, 0) is 43.4 Å². The first kappa shape index (κ1) is 9.19. The van der Waals surface area contributed by atoms with Gasteiger partial charge in [-0.25, -0.2) is 4.39 Å². The van der Waals surface area contributed by atoms with E-state index in [9.17, 15) is 4.39 Å². The number of aryl methyl sites for hydroxylation is 1. The molecule has 1 heterocycles. The van der Waals surface area contributed by atoms with Crippen molar-refractivity contribution in [3.63, 3.8) is 0 Å². The molecule has 15 heavy (non-hydrogen) atoms. The molecule has 4 heteroatoms. The van der Waals surface area contributed by atoms with Crippen LogP contribution in [0.4, 0.5) is 10.2 Å². The zero-order valence-electron chi connectivity index (χ0n) is 8.91. The summed E-state index contributed by atoms with van der Waals surface area (Å²) >= 11 is 0. The number of nitrogens with zero attached hydrogens (tertiary/aromatic N) is 2. The van der Waals surface area contributed by atoms with Crippen molar-refractivity contribution in [3.8, 4) is 0 Å². The summed E-state index contributed by atoms with van der Waals surface area (Å²) in [4.78, 5) is 0. The molecule has 82 valence electrons. The molecule has 0 amide bonds. The van der Waals surface area contributed by atoms with Gasteiger partial charge in [0.1, 0.15) is 5.69 Å². The Bertz CT molecular complexity index is 395. The summed E-state index contributed by atoms with van der Waals surface area (Å²) in [5.74, 6) is 2.32. The number of nitrogens with two attached hydrogens (primary N) is 1. The lowest BCUT2D eigenvalue weighted by Gasteiger charge is -1.95. The average molecular weight is 209 g/mol. The van der Waals surface area contributed by atoms with Crippen LogP contribution in [-0.2, 0) is 13.5 Å². The van der Waals surface area contributed by atoms with Crippen LogP contribution in [0.5, 0.6) is 0 Å². The molecule has 2 aliphatic carbocycles. The maximum atomic E-state index is 13.5. The first-order chi connectivity index (χ1) is 7.16. The second-order valence-corrected chi connectivity index (χ2v) is 4.97. The van der Waals surface area contributed by atoms with Crippen LogP contribution >= 0.6 is 0 Å². The highest BCUT2D eigenvalue weighted by molar-refractivity contribution is 5.33. The van der Waals surface area contributed by atoms with Crippen LogP contribution in [0, 0.1) is 23.6 Å². The van der Waals surface area contributed by atoms with Gasteiger partial charge in [-0.1, -0.05) is 0 Å². The zero-order valence-corrected chi connectivity index (χ0v) is 8.91. The smallest absolute Gasteiger partial charge is 0.188 e. The zero-order chi connectivity index (χ0) is 10.6. The second-order valence-electron chi connectivity index (χ2n) is 4.97. The highest BCUT2D eigenvalue weighted by Gasteiger charge is 2.47. The van der Waals surface area contributed by atoms with E-state index in [4.69, 9.17) is 5.73 Å². The monoisotopic (exact) mass is 209 g/mol. The summed E-state index contributed by atoms with van der Waals surface area (Å²) in [6, 6.07) is 0. The van der Waals surface area contributed by atoms with E-state index in [-0.39, 0.29) is 11.6 Å². The molecule has 0 spiro atoms. The molecule has 0 aromatic carbocycles. The van der Waals surface area contributed by atoms with Gasteiger partial charge in [0.15, 0.2) is 11.6 Å². The predicted molar refractivity (Wildman–Crippen MR) is 55.6 cm³/mol. The van der Waals surface area contributed by atoms with E-state index in [1.807, 2.05) is 0 Å². The second kappa shape index (κ2) is 2.97. The van der Waals surface area contributed by atoms with Crippen molar-refractivity contribution in [2.75, 3.05) is 5.73 Å². The van der Waals surface area contributed by atoms with Gasteiger partial charge in [0.2, 0.25) is 0 Å². The van der Waals surface area contributed by atoms with Crippen molar-refractivity contribution < 1.29 is 4.39 Å². The number of anilines is 1. The Balaban J connectivity index is 1.69. The maximum Gasteiger partial charge on any atom is 0.188 e. The normalized spacial score (nSPS) is 29.5. The molecular formula is C11H16FN3. The SMILES string of the molecule is Cn1nc(C[C@@H]2C[C@H]2C2CC2)c(F)c1N. The van der Waals surface area contributed by atoms with Gasteiger partial charge in [-0.2, -0.15) is 5.10 Å². The van der Waals surface area contributed by atoms with Crippen LogP contribution in [-0.4, -0.2) is 9.78 Å². The Hall–Kier alpha value is -1.06. The lowest BCUT2D eigenvalue weighted by Crippen LogP contribution is -1.98. The molecule has 2 N–H and O–H groups in total. The van der Waals surface area contributed by atoms with E-state index in [0.717, 1.165) is 18.3 Å². The van der Waals surface area contributed by atoms with E-state index < -0.39 is 0 Å². The number of halogens is 1. The van der Waals surface area contributed by atoms with E-state index in [0.29, 0.717) is 11.6 Å². The third-order valence-electron chi connectivity index (χ3n) is 3.76. The molecule has 2 aliphatic rings. The van der Waals surface area contributed by atoms with Crippen LogP contribution in [0.25, 0.3) is 0 Å². The molecule has 2 atom stereocenters. The minimum atomic E-state index is -0.307. The highest BCUT2D eigenvalue weighted by atomic mass is 19.1. The molecule has 1 aromatic heterocycles. The van der Waals surface area contributed by atoms with Gasteiger partial charge >= 0.3 is 0 Å². The number of nitrogen functional groups attached to an aromatic ring is 1. The van der Waals surface area contributed by atoms with Crippen molar-refractivity contribution in [2.45, 2.75) is 25.7 Å². The fourth-order valence-electron chi connectivity index (χ4n) is 2.55. The Morgan fingerprint density at radius 1 is 1.53 bits per heavy atom. The lowest BCUT2D eigenvalue weighted by atomic mass is 10.1. The molecular weight excluding hydrogens is 193 g/mol. The molecule has 0 bridgehead atoms. The molecule has 0 radical (unpaired) electrons. The third kappa shape index (κ3) is 1.52. The van der Waals surface area contributed by atoms with Crippen LogP contribution in [0.3, 0.4) is 0 Å². The maximum absolute atomic E-state index is 13.5. The van der Waals surface area contributed by atoms with E-state index in [2.05, 4.69) is 5.10 Å². The van der Waals surface area contributed by atoms with Crippen molar-refractivity contribution in [2.24, 2.45) is 24.8 Å². The van der Waals surface area contributed by atoms with Gasteiger partial charge in [-0.3, -0.25) is 4.68 Å². The quantitative estimate of drug-likeness (QED) is 0.824. The predicted octanol–water partition coefficient (Wildman–Crippen LogP) is 1.73. The van der Waals surface area contributed by atoms with E-state index in [1.54, 1.807) is 7.05 Å². The van der Waals surface area contributed by atoms with Crippen LogP contribution in [0.1, 0.15) is 25.0 Å². The average Bonchev–Trinajstić information content (AvgIpc) is 3.04. The van der Waals surface area contributed by atoms with E-state index in [1.165, 1.54) is 23.9 Å². The fourth-order valence-corrected chi connectivity index (χ4v) is 2.55.